The van der Waals surface area contributed by atoms with Gasteiger partial charge in [0.2, 0.25) is 0 Å². The summed E-state index contributed by atoms with van der Waals surface area (Å²) < 4.78 is 1.10. The van der Waals surface area contributed by atoms with Gasteiger partial charge in [0.05, 0.1) is 14.4 Å². The molecule has 0 aliphatic carbocycles. The molecule has 19 heavy (non-hydrogen) atoms. The molecule has 2 heterocycles. The van der Waals surface area contributed by atoms with Crippen molar-refractivity contribution < 1.29 is 9.90 Å². The number of halogens is 2. The number of anilines is 1. The molecular weight excluding hydrogens is 352 g/mol. The molecule has 0 fully saturated rings. The fourth-order valence-electron chi connectivity index (χ4n) is 1.48. The number of nitrogens with one attached hydrogen (secondary N) is 1. The lowest BCUT2D eigenvalue weighted by molar-refractivity contribution is 0.0696. The van der Waals surface area contributed by atoms with Crippen LogP contribution in [0.4, 0.5) is 5.82 Å². The minimum absolute atomic E-state index is 0.0812. The summed E-state index contributed by atoms with van der Waals surface area (Å²) in [6.07, 6.45) is 2.15. The minimum atomic E-state index is -1.04. The Bertz CT molecular complexity index is 603. The Morgan fingerprint density at radius 3 is 2.89 bits per heavy atom. The normalized spacial score (nSPS) is 10.4. The Balaban J connectivity index is 1.94. The van der Waals surface area contributed by atoms with Crippen molar-refractivity contribution in [2.24, 2.45) is 0 Å². The van der Waals surface area contributed by atoms with Crippen LogP contribution in [0, 0.1) is 0 Å². The van der Waals surface area contributed by atoms with Crippen LogP contribution in [0.25, 0.3) is 0 Å². The van der Waals surface area contributed by atoms with E-state index in [1.807, 2.05) is 6.07 Å². The van der Waals surface area contributed by atoms with E-state index in [0.717, 1.165) is 10.2 Å². The number of aromatic carboxylic acids is 1. The first-order valence-corrected chi connectivity index (χ1v) is 7.42. The molecule has 0 aliphatic heterocycles. The molecule has 2 aromatic rings. The molecule has 7 heteroatoms. The molecule has 0 aliphatic rings. The number of aromatic nitrogens is 1. The Labute approximate surface area is 127 Å². The summed E-state index contributed by atoms with van der Waals surface area (Å²) in [5, 5.41) is 12.2. The van der Waals surface area contributed by atoms with Crippen LogP contribution < -0.4 is 5.32 Å². The molecule has 0 saturated heterocycles. The average molecular weight is 362 g/mol. The molecule has 0 amide bonds. The second-order valence-corrected chi connectivity index (χ2v) is 6.70. The Kier molecular flexibility index (Phi) is 4.79. The van der Waals surface area contributed by atoms with E-state index in [4.69, 9.17) is 16.7 Å². The lowest BCUT2D eigenvalue weighted by Crippen LogP contribution is -2.07. The monoisotopic (exact) mass is 360 g/mol. The molecule has 0 saturated carbocycles. The molecule has 2 rings (SSSR count). The number of hydrogen-bond donors (Lipinski definition) is 2. The number of carboxylic acid groups (broad SMARTS) is 1. The van der Waals surface area contributed by atoms with E-state index in [2.05, 4.69) is 32.3 Å². The molecule has 0 unspecified atom stereocenters. The Morgan fingerprint density at radius 1 is 1.53 bits per heavy atom. The minimum Gasteiger partial charge on any atom is -0.478 e. The maximum Gasteiger partial charge on any atom is 0.337 e. The van der Waals surface area contributed by atoms with Gasteiger partial charge in [0.25, 0.3) is 0 Å². The van der Waals surface area contributed by atoms with Crippen molar-refractivity contribution in [3.05, 3.63) is 43.6 Å². The highest BCUT2D eigenvalue weighted by molar-refractivity contribution is 9.11. The fourth-order valence-corrected chi connectivity index (χ4v) is 3.19. The lowest BCUT2D eigenvalue weighted by Gasteiger charge is -2.07. The van der Waals surface area contributed by atoms with Crippen LogP contribution in [-0.2, 0) is 6.42 Å². The molecule has 100 valence electrons. The predicted molar refractivity (Wildman–Crippen MR) is 80.4 cm³/mol. The lowest BCUT2D eigenvalue weighted by atomic mass is 10.3. The first-order valence-electron chi connectivity index (χ1n) is 5.43. The number of carbonyl (C=O) groups is 1. The molecule has 0 atom stereocenters. The van der Waals surface area contributed by atoms with E-state index in [-0.39, 0.29) is 5.56 Å². The first kappa shape index (κ1) is 14.3. The van der Waals surface area contributed by atoms with Gasteiger partial charge in [-0.1, -0.05) is 11.6 Å². The van der Waals surface area contributed by atoms with Gasteiger partial charge >= 0.3 is 5.97 Å². The summed E-state index contributed by atoms with van der Waals surface area (Å²) in [4.78, 5) is 16.0. The zero-order chi connectivity index (χ0) is 13.8. The van der Waals surface area contributed by atoms with Gasteiger partial charge in [-0.25, -0.2) is 9.78 Å². The smallest absolute Gasteiger partial charge is 0.337 e. The zero-order valence-electron chi connectivity index (χ0n) is 9.69. The van der Waals surface area contributed by atoms with Crippen molar-refractivity contribution >= 4 is 50.7 Å². The molecule has 0 radical (unpaired) electrons. The highest BCUT2D eigenvalue weighted by Crippen LogP contribution is 2.23. The summed E-state index contributed by atoms with van der Waals surface area (Å²) in [5.74, 6) is -0.535. The molecule has 0 aromatic carbocycles. The van der Waals surface area contributed by atoms with Crippen LogP contribution >= 0.6 is 38.9 Å². The largest absolute Gasteiger partial charge is 0.478 e. The third kappa shape index (κ3) is 3.92. The molecular formula is C12H10BrClN2O2S. The van der Waals surface area contributed by atoms with Crippen LogP contribution in [-0.4, -0.2) is 22.6 Å². The Morgan fingerprint density at radius 2 is 2.32 bits per heavy atom. The second-order valence-electron chi connectivity index (χ2n) is 3.74. The summed E-state index contributed by atoms with van der Waals surface area (Å²) in [7, 11) is 0. The number of thiophene rings is 1. The molecule has 4 nitrogen and oxygen atoms in total. The fraction of sp³-hybridized carbons (Fsp3) is 0.167. The number of pyridine rings is 1. The van der Waals surface area contributed by atoms with E-state index >= 15 is 0 Å². The third-order valence-corrected chi connectivity index (χ3v) is 4.35. The maximum atomic E-state index is 10.7. The van der Waals surface area contributed by atoms with Crippen molar-refractivity contribution in [1.29, 1.82) is 0 Å². The van der Waals surface area contributed by atoms with Crippen molar-refractivity contribution in [2.45, 2.75) is 6.42 Å². The topological polar surface area (TPSA) is 62.2 Å². The average Bonchev–Trinajstić information content (AvgIpc) is 2.77. The number of carboxylic acids is 1. The third-order valence-electron chi connectivity index (χ3n) is 2.38. The van der Waals surface area contributed by atoms with Crippen LogP contribution in [0.5, 0.6) is 0 Å². The summed E-state index contributed by atoms with van der Waals surface area (Å²) >= 11 is 11.1. The maximum absolute atomic E-state index is 10.7. The first-order chi connectivity index (χ1) is 9.06. The van der Waals surface area contributed by atoms with Crippen molar-refractivity contribution in [1.82, 2.24) is 4.98 Å². The van der Waals surface area contributed by atoms with Gasteiger partial charge < -0.3 is 10.4 Å². The van der Waals surface area contributed by atoms with E-state index in [0.29, 0.717) is 17.4 Å². The quantitative estimate of drug-likeness (QED) is 0.847. The second kappa shape index (κ2) is 6.36. The van der Waals surface area contributed by atoms with E-state index in [1.54, 1.807) is 11.3 Å². The number of rotatable bonds is 5. The van der Waals surface area contributed by atoms with Crippen LogP contribution in [0.1, 0.15) is 15.2 Å². The van der Waals surface area contributed by atoms with E-state index in [9.17, 15) is 4.79 Å². The van der Waals surface area contributed by atoms with Crippen molar-refractivity contribution in [2.75, 3.05) is 11.9 Å². The van der Waals surface area contributed by atoms with Crippen molar-refractivity contribution in [3.8, 4) is 0 Å². The SMILES string of the molecule is O=C(O)c1cnc(NCCc2ccc(Br)s2)c(Cl)c1. The van der Waals surface area contributed by atoms with E-state index < -0.39 is 5.97 Å². The van der Waals surface area contributed by atoms with Gasteiger partial charge in [-0.2, -0.15) is 0 Å². The molecule has 0 bridgehead atoms. The summed E-state index contributed by atoms with van der Waals surface area (Å²) in [6.45, 7) is 0.687. The Hall–Kier alpha value is -1.11. The number of hydrogen-bond acceptors (Lipinski definition) is 4. The summed E-state index contributed by atoms with van der Waals surface area (Å²) in [6, 6.07) is 5.45. The van der Waals surface area contributed by atoms with Gasteiger partial charge in [0.15, 0.2) is 0 Å². The van der Waals surface area contributed by atoms with Crippen LogP contribution in [0.2, 0.25) is 5.02 Å². The highest BCUT2D eigenvalue weighted by Gasteiger charge is 2.08. The zero-order valence-corrected chi connectivity index (χ0v) is 12.8. The number of nitrogens with zero attached hydrogens (tertiary/aromatic N) is 1. The highest BCUT2D eigenvalue weighted by atomic mass is 79.9. The summed E-state index contributed by atoms with van der Waals surface area (Å²) in [5.41, 5.74) is 0.0812. The van der Waals surface area contributed by atoms with Gasteiger partial charge in [0.1, 0.15) is 5.82 Å². The van der Waals surface area contributed by atoms with Gasteiger partial charge in [0, 0.05) is 17.6 Å². The molecule has 2 aromatic heterocycles. The van der Waals surface area contributed by atoms with Gasteiger partial charge in [-0.05, 0) is 40.5 Å². The van der Waals surface area contributed by atoms with Gasteiger partial charge in [-0.15, -0.1) is 11.3 Å². The van der Waals surface area contributed by atoms with Crippen LogP contribution in [0.15, 0.2) is 28.2 Å². The van der Waals surface area contributed by atoms with E-state index in [1.165, 1.54) is 17.1 Å². The van der Waals surface area contributed by atoms with Crippen molar-refractivity contribution in [3.63, 3.8) is 0 Å². The molecule has 0 spiro atoms. The molecule has 2 N–H and O–H groups in total. The standard InChI is InChI=1S/C12H10BrClN2O2S/c13-10-2-1-8(19-10)3-4-15-11-9(14)5-7(6-16-11)12(17)18/h1-2,5-6H,3-4H2,(H,15,16)(H,17,18). The predicted octanol–water partition coefficient (Wildman–Crippen LogP) is 3.91. The van der Waals surface area contributed by atoms with Crippen LogP contribution in [0.3, 0.4) is 0 Å². The van der Waals surface area contributed by atoms with Gasteiger partial charge in [-0.3, -0.25) is 0 Å².